The van der Waals surface area contributed by atoms with Crippen LogP contribution in [-0.4, -0.2) is 65.4 Å². The van der Waals surface area contributed by atoms with Crippen LogP contribution >= 0.6 is 0 Å². The fourth-order valence-electron chi connectivity index (χ4n) is 6.11. The van der Waals surface area contributed by atoms with Crippen molar-refractivity contribution in [2.24, 2.45) is 5.92 Å². The second kappa shape index (κ2) is 16.8. The average molecular weight is 629 g/mol. The SMILES string of the molecule is Cc1cccc(C)c1COC(=O)NC(Cc1ccccc1)C(O)CC(Cc1ccccc1)NC(=O)C(C(C)C)N1CCCNC1=O. The van der Waals surface area contributed by atoms with E-state index in [-0.39, 0.29) is 30.9 Å². The molecule has 0 spiro atoms. The molecule has 1 saturated heterocycles. The Labute approximate surface area is 272 Å². The van der Waals surface area contributed by atoms with Crippen molar-refractivity contribution in [3.05, 3.63) is 107 Å². The van der Waals surface area contributed by atoms with E-state index >= 15 is 0 Å². The fraction of sp³-hybridized carbons (Fsp3) is 0.432. The Morgan fingerprint density at radius 3 is 2.09 bits per heavy atom. The number of aliphatic hydroxyl groups is 1. The molecular formula is C37H48N4O5. The molecule has 9 heteroatoms. The first-order valence-electron chi connectivity index (χ1n) is 16.2. The number of alkyl carbamates (subject to hydrolysis) is 1. The second-order valence-electron chi connectivity index (χ2n) is 12.6. The zero-order valence-corrected chi connectivity index (χ0v) is 27.4. The number of benzene rings is 3. The molecule has 1 aliphatic rings. The summed E-state index contributed by atoms with van der Waals surface area (Å²) in [6.45, 7) is 9.02. The summed E-state index contributed by atoms with van der Waals surface area (Å²) in [5, 5.41) is 20.6. The van der Waals surface area contributed by atoms with Gasteiger partial charge in [0.1, 0.15) is 12.6 Å². The number of aryl methyl sites for hydroxylation is 2. The molecule has 4 rings (SSSR count). The molecule has 246 valence electrons. The lowest BCUT2D eigenvalue weighted by Gasteiger charge is -2.37. The third-order valence-corrected chi connectivity index (χ3v) is 8.60. The van der Waals surface area contributed by atoms with Crippen LogP contribution in [0, 0.1) is 19.8 Å². The second-order valence-corrected chi connectivity index (χ2v) is 12.6. The van der Waals surface area contributed by atoms with Gasteiger partial charge in [-0.1, -0.05) is 92.7 Å². The fourth-order valence-corrected chi connectivity index (χ4v) is 6.11. The van der Waals surface area contributed by atoms with Gasteiger partial charge in [0.25, 0.3) is 0 Å². The Bertz CT molecular complexity index is 1410. The first kappa shape index (κ1) is 34.5. The molecule has 0 saturated carbocycles. The van der Waals surface area contributed by atoms with Crippen LogP contribution in [0.3, 0.4) is 0 Å². The normalized spacial score (nSPS) is 15.8. The summed E-state index contributed by atoms with van der Waals surface area (Å²) in [4.78, 5) is 41.2. The molecule has 0 aliphatic carbocycles. The van der Waals surface area contributed by atoms with Crippen molar-refractivity contribution in [2.75, 3.05) is 13.1 Å². The Kier molecular flexibility index (Phi) is 12.6. The molecule has 4 amide bonds. The molecule has 4 N–H and O–H groups in total. The minimum atomic E-state index is -1.02. The summed E-state index contributed by atoms with van der Waals surface area (Å²) in [6.07, 6.45) is 0.137. The number of amides is 4. The number of ether oxygens (including phenoxy) is 1. The summed E-state index contributed by atoms with van der Waals surface area (Å²) in [5.74, 6) is -0.383. The van der Waals surface area contributed by atoms with E-state index in [1.807, 2.05) is 107 Å². The Hall–Kier alpha value is -4.37. The van der Waals surface area contributed by atoms with Crippen LogP contribution in [0.2, 0.25) is 0 Å². The van der Waals surface area contributed by atoms with Gasteiger partial charge in [0, 0.05) is 19.1 Å². The van der Waals surface area contributed by atoms with E-state index in [9.17, 15) is 19.5 Å². The van der Waals surface area contributed by atoms with E-state index < -0.39 is 30.3 Å². The van der Waals surface area contributed by atoms with Gasteiger partial charge in [-0.2, -0.15) is 0 Å². The van der Waals surface area contributed by atoms with Crippen LogP contribution in [0.4, 0.5) is 9.59 Å². The summed E-state index contributed by atoms with van der Waals surface area (Å²) in [5.41, 5.74) is 4.97. The van der Waals surface area contributed by atoms with Gasteiger partial charge < -0.3 is 30.7 Å². The zero-order chi connectivity index (χ0) is 33.1. The third-order valence-electron chi connectivity index (χ3n) is 8.60. The largest absolute Gasteiger partial charge is 0.445 e. The predicted octanol–water partition coefficient (Wildman–Crippen LogP) is 5.06. The van der Waals surface area contributed by atoms with E-state index in [1.54, 1.807) is 4.90 Å². The van der Waals surface area contributed by atoms with Crippen molar-refractivity contribution < 1.29 is 24.2 Å². The number of carbonyl (C=O) groups excluding carboxylic acids is 3. The molecule has 1 heterocycles. The Morgan fingerprint density at radius 1 is 0.891 bits per heavy atom. The van der Waals surface area contributed by atoms with Crippen molar-refractivity contribution in [2.45, 2.75) is 84.2 Å². The van der Waals surface area contributed by atoms with Crippen LogP contribution in [0.5, 0.6) is 0 Å². The minimum absolute atomic E-state index is 0.117. The molecule has 0 aromatic heterocycles. The standard InChI is InChI=1S/C37H48N4O5/c1-25(2)34(41-20-12-19-38-36(41)44)35(43)39-30(21-28-15-7-5-8-16-28)23-33(42)32(22-29-17-9-6-10-18-29)40-37(45)46-24-31-26(3)13-11-14-27(31)4/h5-11,13-18,25,30,32-34,42H,12,19-24H2,1-4H3,(H,38,44)(H,39,43)(H,40,45). The van der Waals surface area contributed by atoms with Crippen LogP contribution in [0.15, 0.2) is 78.9 Å². The van der Waals surface area contributed by atoms with Gasteiger partial charge in [-0.15, -0.1) is 0 Å². The van der Waals surface area contributed by atoms with Gasteiger partial charge in [0.2, 0.25) is 5.91 Å². The highest BCUT2D eigenvalue weighted by atomic mass is 16.5. The molecule has 1 fully saturated rings. The zero-order valence-electron chi connectivity index (χ0n) is 27.4. The number of hydrogen-bond acceptors (Lipinski definition) is 5. The highest BCUT2D eigenvalue weighted by Crippen LogP contribution is 2.19. The minimum Gasteiger partial charge on any atom is -0.445 e. The lowest BCUT2D eigenvalue weighted by molar-refractivity contribution is -0.128. The van der Waals surface area contributed by atoms with Gasteiger partial charge in [-0.3, -0.25) is 4.79 Å². The maximum Gasteiger partial charge on any atom is 0.407 e. The lowest BCUT2D eigenvalue weighted by Crippen LogP contribution is -2.59. The van der Waals surface area contributed by atoms with Gasteiger partial charge in [0.05, 0.1) is 12.1 Å². The molecule has 3 aromatic rings. The number of hydrogen-bond donors (Lipinski definition) is 4. The van der Waals surface area contributed by atoms with Gasteiger partial charge in [-0.05, 0) is 73.3 Å². The summed E-state index contributed by atoms with van der Waals surface area (Å²) in [6, 6.07) is 23.3. The molecule has 9 nitrogen and oxygen atoms in total. The Balaban J connectivity index is 1.52. The van der Waals surface area contributed by atoms with Crippen LogP contribution < -0.4 is 16.0 Å². The van der Waals surface area contributed by atoms with Gasteiger partial charge in [0.15, 0.2) is 0 Å². The summed E-state index contributed by atoms with van der Waals surface area (Å²) < 4.78 is 5.63. The van der Waals surface area contributed by atoms with Crippen molar-refractivity contribution in [1.82, 2.24) is 20.9 Å². The number of nitrogens with one attached hydrogen (secondary N) is 3. The van der Waals surface area contributed by atoms with Crippen LogP contribution in [0.1, 0.15) is 54.5 Å². The summed E-state index contributed by atoms with van der Waals surface area (Å²) >= 11 is 0. The number of urea groups is 1. The third kappa shape index (κ3) is 9.81. The van der Waals surface area contributed by atoms with E-state index in [4.69, 9.17) is 4.74 Å². The van der Waals surface area contributed by atoms with Crippen molar-refractivity contribution in [3.8, 4) is 0 Å². The quantitative estimate of drug-likeness (QED) is 0.199. The van der Waals surface area contributed by atoms with Crippen LogP contribution in [0.25, 0.3) is 0 Å². The topological polar surface area (TPSA) is 120 Å². The van der Waals surface area contributed by atoms with Crippen LogP contribution in [-0.2, 0) is 29.0 Å². The van der Waals surface area contributed by atoms with Crippen molar-refractivity contribution in [3.63, 3.8) is 0 Å². The lowest BCUT2D eigenvalue weighted by atomic mass is 9.93. The molecule has 1 aliphatic heterocycles. The molecule has 3 aromatic carbocycles. The Morgan fingerprint density at radius 2 is 1.50 bits per heavy atom. The summed E-state index contributed by atoms with van der Waals surface area (Å²) in [7, 11) is 0. The smallest absolute Gasteiger partial charge is 0.407 e. The van der Waals surface area contributed by atoms with E-state index in [1.165, 1.54) is 0 Å². The maximum absolute atomic E-state index is 13.8. The number of rotatable bonds is 14. The number of nitrogens with zero attached hydrogens (tertiary/aromatic N) is 1. The van der Waals surface area contributed by atoms with E-state index in [0.29, 0.717) is 25.9 Å². The average Bonchev–Trinajstić information content (AvgIpc) is 3.02. The molecule has 4 unspecified atom stereocenters. The maximum atomic E-state index is 13.8. The molecule has 0 radical (unpaired) electrons. The first-order valence-corrected chi connectivity index (χ1v) is 16.2. The number of carbonyl (C=O) groups is 3. The monoisotopic (exact) mass is 628 g/mol. The highest BCUT2D eigenvalue weighted by molar-refractivity contribution is 5.87. The number of aliphatic hydroxyl groups excluding tert-OH is 1. The predicted molar refractivity (Wildman–Crippen MR) is 179 cm³/mol. The van der Waals surface area contributed by atoms with Gasteiger partial charge >= 0.3 is 12.1 Å². The molecule has 4 atom stereocenters. The van der Waals surface area contributed by atoms with E-state index in [2.05, 4.69) is 16.0 Å². The molecular weight excluding hydrogens is 580 g/mol. The van der Waals surface area contributed by atoms with E-state index in [0.717, 1.165) is 34.2 Å². The molecule has 0 bridgehead atoms. The van der Waals surface area contributed by atoms with Crippen molar-refractivity contribution in [1.29, 1.82) is 0 Å². The first-order chi connectivity index (χ1) is 22.1. The van der Waals surface area contributed by atoms with Crippen molar-refractivity contribution >= 4 is 18.0 Å². The molecule has 46 heavy (non-hydrogen) atoms. The van der Waals surface area contributed by atoms with Gasteiger partial charge in [-0.25, -0.2) is 9.59 Å². The highest BCUT2D eigenvalue weighted by Gasteiger charge is 2.35.